The second kappa shape index (κ2) is 8.68. The number of anilines is 1. The highest BCUT2D eigenvalue weighted by Crippen LogP contribution is 2.35. The number of carbonyl (C=O) groups is 2. The molecule has 2 saturated heterocycles. The number of thioether (sulfide) groups is 1. The lowest BCUT2D eigenvalue weighted by molar-refractivity contribution is -0.123. The molecule has 0 atom stereocenters. The predicted molar refractivity (Wildman–Crippen MR) is 112 cm³/mol. The zero-order chi connectivity index (χ0) is 19.5. The zero-order valence-electron chi connectivity index (χ0n) is 16.2. The summed E-state index contributed by atoms with van der Waals surface area (Å²) in [6, 6.07) is 5.10. The Kier molecular flexibility index (Phi) is 6.04. The number of piperidine rings is 1. The van der Waals surface area contributed by atoms with Crippen LogP contribution in [-0.2, 0) is 4.79 Å². The molecule has 0 spiro atoms. The van der Waals surface area contributed by atoms with Crippen molar-refractivity contribution < 1.29 is 14.0 Å². The highest BCUT2D eigenvalue weighted by atomic mass is 32.2. The number of hydrogen-bond donors (Lipinski definition) is 0. The minimum Gasteiger partial charge on any atom is -0.369 e. The molecular formula is C22H27FN2O2S. The van der Waals surface area contributed by atoms with Gasteiger partial charge in [0.2, 0.25) is 0 Å². The van der Waals surface area contributed by atoms with E-state index in [1.54, 1.807) is 12.1 Å². The first kappa shape index (κ1) is 19.5. The van der Waals surface area contributed by atoms with Gasteiger partial charge in [-0.25, -0.2) is 4.39 Å². The third kappa shape index (κ3) is 4.27. The van der Waals surface area contributed by atoms with Crippen LogP contribution in [0, 0.1) is 11.7 Å². The van der Waals surface area contributed by atoms with Crippen molar-refractivity contribution in [3.63, 3.8) is 0 Å². The number of hydrogen-bond acceptors (Lipinski definition) is 4. The first-order chi connectivity index (χ1) is 13.6. The second-order valence-electron chi connectivity index (χ2n) is 8.05. The van der Waals surface area contributed by atoms with E-state index in [9.17, 15) is 14.0 Å². The average Bonchev–Trinajstić information content (AvgIpc) is 2.97. The third-order valence-electron chi connectivity index (χ3n) is 6.01. The maximum Gasteiger partial charge on any atom is 0.293 e. The van der Waals surface area contributed by atoms with Crippen molar-refractivity contribution in [1.29, 1.82) is 0 Å². The molecule has 0 unspecified atom stereocenters. The Labute approximate surface area is 170 Å². The van der Waals surface area contributed by atoms with Crippen LogP contribution < -0.4 is 4.90 Å². The van der Waals surface area contributed by atoms with Crippen LogP contribution >= 0.6 is 11.8 Å². The number of rotatable bonds is 4. The van der Waals surface area contributed by atoms with Crippen LogP contribution in [0.25, 0.3) is 6.08 Å². The van der Waals surface area contributed by atoms with E-state index >= 15 is 0 Å². The summed E-state index contributed by atoms with van der Waals surface area (Å²) in [4.78, 5) is 28.9. The molecule has 0 bridgehead atoms. The summed E-state index contributed by atoms with van der Waals surface area (Å²) in [5.41, 5.74) is 1.25. The Bertz CT molecular complexity index is 783. The fraction of sp³-hybridized carbons (Fsp3) is 0.545. The number of carbonyl (C=O) groups excluding carboxylic acids is 2. The van der Waals surface area contributed by atoms with E-state index in [4.69, 9.17) is 0 Å². The van der Waals surface area contributed by atoms with Crippen LogP contribution in [0.4, 0.5) is 14.9 Å². The summed E-state index contributed by atoms with van der Waals surface area (Å²) in [5, 5.41) is -0.202. The first-order valence-corrected chi connectivity index (χ1v) is 11.2. The molecule has 1 aromatic rings. The molecule has 2 heterocycles. The van der Waals surface area contributed by atoms with Gasteiger partial charge in [-0.1, -0.05) is 25.3 Å². The molecule has 6 heteroatoms. The SMILES string of the molecule is O=C1S/C(=C/c2ccc(N3CCCCC3)c(F)c2)C(=O)N1CC1CCCCC1. The van der Waals surface area contributed by atoms with E-state index < -0.39 is 0 Å². The van der Waals surface area contributed by atoms with Gasteiger partial charge in [-0.05, 0) is 73.6 Å². The summed E-state index contributed by atoms with van der Waals surface area (Å²) in [6.45, 7) is 2.29. The van der Waals surface area contributed by atoms with E-state index in [2.05, 4.69) is 4.90 Å². The molecule has 2 amide bonds. The molecule has 0 N–H and O–H groups in total. The van der Waals surface area contributed by atoms with Gasteiger partial charge in [0.1, 0.15) is 5.82 Å². The minimum atomic E-state index is -0.267. The van der Waals surface area contributed by atoms with Gasteiger partial charge in [0.05, 0.1) is 10.6 Å². The molecule has 1 saturated carbocycles. The Morgan fingerprint density at radius 2 is 1.75 bits per heavy atom. The summed E-state index contributed by atoms with van der Waals surface area (Å²) in [7, 11) is 0. The van der Waals surface area contributed by atoms with Crippen molar-refractivity contribution in [3.8, 4) is 0 Å². The Morgan fingerprint density at radius 3 is 2.46 bits per heavy atom. The number of amides is 2. The van der Waals surface area contributed by atoms with E-state index in [1.165, 1.54) is 36.6 Å². The molecule has 3 aliphatic rings. The van der Waals surface area contributed by atoms with Gasteiger partial charge in [-0.3, -0.25) is 14.5 Å². The number of benzene rings is 1. The topological polar surface area (TPSA) is 40.6 Å². The molecule has 4 rings (SSSR count). The van der Waals surface area contributed by atoms with Crippen molar-refractivity contribution in [2.75, 3.05) is 24.5 Å². The van der Waals surface area contributed by atoms with Crippen molar-refractivity contribution >= 4 is 34.7 Å². The minimum absolute atomic E-state index is 0.202. The average molecular weight is 403 g/mol. The monoisotopic (exact) mass is 402 g/mol. The van der Waals surface area contributed by atoms with Crippen molar-refractivity contribution in [2.24, 2.45) is 5.92 Å². The molecule has 0 aromatic heterocycles. The van der Waals surface area contributed by atoms with Crippen molar-refractivity contribution in [2.45, 2.75) is 51.4 Å². The summed E-state index contributed by atoms with van der Waals surface area (Å²) in [5.74, 6) is -0.0824. The molecule has 150 valence electrons. The largest absolute Gasteiger partial charge is 0.369 e. The van der Waals surface area contributed by atoms with Gasteiger partial charge in [0.25, 0.3) is 11.1 Å². The molecule has 1 aromatic carbocycles. The Morgan fingerprint density at radius 1 is 1.04 bits per heavy atom. The molecule has 0 radical (unpaired) electrons. The number of nitrogens with zero attached hydrogens (tertiary/aromatic N) is 2. The standard InChI is InChI=1S/C22H27FN2O2S/c23-18-13-17(9-10-19(18)24-11-5-2-6-12-24)14-20-21(26)25(22(27)28-20)15-16-7-3-1-4-8-16/h9-10,13-14,16H,1-8,11-12,15H2/b20-14+. The van der Waals surface area contributed by atoms with Gasteiger partial charge >= 0.3 is 0 Å². The summed E-state index contributed by atoms with van der Waals surface area (Å²) >= 11 is 0.969. The molecule has 4 nitrogen and oxygen atoms in total. The Hall–Kier alpha value is -1.82. The maximum atomic E-state index is 14.6. The smallest absolute Gasteiger partial charge is 0.293 e. The number of halogens is 1. The van der Waals surface area contributed by atoms with E-state index in [-0.39, 0.29) is 17.0 Å². The lowest BCUT2D eigenvalue weighted by Crippen LogP contribution is -2.34. The fourth-order valence-corrected chi connectivity index (χ4v) is 5.29. The van der Waals surface area contributed by atoms with Crippen molar-refractivity contribution in [1.82, 2.24) is 4.90 Å². The van der Waals surface area contributed by atoms with Crippen LogP contribution in [0.3, 0.4) is 0 Å². The molecule has 28 heavy (non-hydrogen) atoms. The second-order valence-corrected chi connectivity index (χ2v) is 9.05. The van der Waals surface area contributed by atoms with E-state index in [0.29, 0.717) is 28.6 Å². The molecular weight excluding hydrogens is 375 g/mol. The number of imide groups is 1. The zero-order valence-corrected chi connectivity index (χ0v) is 17.0. The van der Waals surface area contributed by atoms with Gasteiger partial charge in [-0.2, -0.15) is 0 Å². The molecule has 3 fully saturated rings. The first-order valence-electron chi connectivity index (χ1n) is 10.4. The van der Waals surface area contributed by atoms with Crippen LogP contribution in [0.1, 0.15) is 56.9 Å². The maximum absolute atomic E-state index is 14.6. The van der Waals surface area contributed by atoms with Gasteiger partial charge in [-0.15, -0.1) is 0 Å². The van der Waals surface area contributed by atoms with Crippen LogP contribution in [-0.4, -0.2) is 35.7 Å². The van der Waals surface area contributed by atoms with Gasteiger partial charge in [0, 0.05) is 19.6 Å². The van der Waals surface area contributed by atoms with E-state index in [1.807, 2.05) is 6.07 Å². The van der Waals surface area contributed by atoms with Crippen LogP contribution in [0.15, 0.2) is 23.1 Å². The molecule has 1 aliphatic carbocycles. The van der Waals surface area contributed by atoms with Crippen LogP contribution in [0.2, 0.25) is 0 Å². The quantitative estimate of drug-likeness (QED) is 0.630. The fourth-order valence-electron chi connectivity index (χ4n) is 4.44. The normalized spacial score (nSPS) is 23.1. The third-order valence-corrected chi connectivity index (χ3v) is 6.91. The predicted octanol–water partition coefficient (Wildman–Crippen LogP) is 5.43. The Balaban J connectivity index is 1.46. The molecule has 2 aliphatic heterocycles. The van der Waals surface area contributed by atoms with Crippen LogP contribution in [0.5, 0.6) is 0 Å². The van der Waals surface area contributed by atoms with Crippen molar-refractivity contribution in [3.05, 3.63) is 34.5 Å². The van der Waals surface area contributed by atoms with Gasteiger partial charge in [0.15, 0.2) is 0 Å². The van der Waals surface area contributed by atoms with E-state index in [0.717, 1.165) is 50.5 Å². The highest BCUT2D eigenvalue weighted by Gasteiger charge is 2.36. The van der Waals surface area contributed by atoms with Gasteiger partial charge < -0.3 is 4.90 Å². The lowest BCUT2D eigenvalue weighted by atomic mass is 9.89. The lowest BCUT2D eigenvalue weighted by Gasteiger charge is -2.29. The summed E-state index contributed by atoms with van der Waals surface area (Å²) in [6.07, 6.45) is 10.8. The summed E-state index contributed by atoms with van der Waals surface area (Å²) < 4.78 is 14.6. The highest BCUT2D eigenvalue weighted by molar-refractivity contribution is 8.18.